The summed E-state index contributed by atoms with van der Waals surface area (Å²) in [7, 11) is 0. The Morgan fingerprint density at radius 3 is 2.65 bits per heavy atom. The van der Waals surface area contributed by atoms with E-state index in [2.05, 4.69) is 4.99 Å². The van der Waals surface area contributed by atoms with Gasteiger partial charge in [-0.15, -0.1) is 0 Å². The first-order valence-electron chi connectivity index (χ1n) is 5.24. The lowest BCUT2D eigenvalue weighted by Gasteiger charge is -2.08. The lowest BCUT2D eigenvalue weighted by molar-refractivity contribution is -0.410. The molecule has 106 valence electrons. The fourth-order valence-corrected chi connectivity index (χ4v) is 2.42. The number of nitro groups is 1. The molecule has 0 saturated heterocycles. The minimum atomic E-state index is -4.49. The smallest absolute Gasteiger partial charge is 0.258 e. The first-order chi connectivity index (χ1) is 9.27. The number of allylic oxidation sites excluding steroid dienone is 1. The Morgan fingerprint density at radius 1 is 1.40 bits per heavy atom. The maximum absolute atomic E-state index is 12.6. The first kappa shape index (κ1) is 14.9. The summed E-state index contributed by atoms with van der Waals surface area (Å²) in [6, 6.07) is 2.78. The Hall–Kier alpha value is -1.54. The van der Waals surface area contributed by atoms with Crippen LogP contribution in [0.25, 0.3) is 0 Å². The van der Waals surface area contributed by atoms with Gasteiger partial charge >= 0.3 is 11.2 Å². The highest BCUT2D eigenvalue weighted by Crippen LogP contribution is 2.37. The molecule has 1 aliphatic rings. The molecule has 2 rings (SSSR count). The highest BCUT2D eigenvalue weighted by molar-refractivity contribution is 8.17. The Labute approximate surface area is 120 Å². The standard InChI is InChI=1S/C11H6ClF3N2O2S/c12-7-2-1-6(11(13,14)15)5-8(7)16-9-3-4-10(20-9)17(18)19/h1-2,4-5H,3H2. The van der Waals surface area contributed by atoms with E-state index in [9.17, 15) is 23.3 Å². The van der Waals surface area contributed by atoms with Crippen LogP contribution in [0.15, 0.2) is 34.3 Å². The second-order valence-corrected chi connectivity index (χ2v) is 5.28. The van der Waals surface area contributed by atoms with Crippen molar-refractivity contribution in [3.63, 3.8) is 0 Å². The molecule has 1 aliphatic heterocycles. The summed E-state index contributed by atoms with van der Waals surface area (Å²) in [5, 5.41) is 10.8. The van der Waals surface area contributed by atoms with Crippen molar-refractivity contribution in [3.8, 4) is 0 Å². The van der Waals surface area contributed by atoms with Gasteiger partial charge in [0, 0.05) is 24.3 Å². The van der Waals surface area contributed by atoms with E-state index in [1.807, 2.05) is 0 Å². The maximum atomic E-state index is 12.6. The number of thioether (sulfide) groups is 1. The van der Waals surface area contributed by atoms with Gasteiger partial charge in [-0.1, -0.05) is 11.6 Å². The van der Waals surface area contributed by atoms with Crippen LogP contribution in [0.3, 0.4) is 0 Å². The zero-order valence-electron chi connectivity index (χ0n) is 9.65. The number of benzene rings is 1. The summed E-state index contributed by atoms with van der Waals surface area (Å²) in [6.07, 6.45) is -2.94. The molecule has 4 nitrogen and oxygen atoms in total. The molecule has 0 saturated carbocycles. The molecule has 1 aromatic carbocycles. The molecule has 1 heterocycles. The predicted molar refractivity (Wildman–Crippen MR) is 70.8 cm³/mol. The van der Waals surface area contributed by atoms with Crippen LogP contribution in [0.5, 0.6) is 0 Å². The number of rotatable bonds is 2. The fraction of sp³-hybridized carbons (Fsp3) is 0.182. The van der Waals surface area contributed by atoms with Crippen molar-refractivity contribution in [1.29, 1.82) is 0 Å². The summed E-state index contributed by atoms with van der Waals surface area (Å²) >= 11 is 6.60. The van der Waals surface area contributed by atoms with Crippen molar-refractivity contribution in [2.75, 3.05) is 0 Å². The second-order valence-electron chi connectivity index (χ2n) is 3.78. The van der Waals surface area contributed by atoms with Gasteiger partial charge in [-0.25, -0.2) is 4.99 Å². The van der Waals surface area contributed by atoms with Crippen LogP contribution in [0.1, 0.15) is 12.0 Å². The van der Waals surface area contributed by atoms with E-state index < -0.39 is 16.7 Å². The van der Waals surface area contributed by atoms with Crippen LogP contribution in [0, 0.1) is 10.1 Å². The SMILES string of the molecule is O=[N+]([O-])C1=CCC(=Nc2cc(C(F)(F)F)ccc2Cl)S1. The van der Waals surface area contributed by atoms with Gasteiger partial charge in [0.2, 0.25) is 0 Å². The van der Waals surface area contributed by atoms with Gasteiger partial charge in [0.1, 0.15) is 0 Å². The second kappa shape index (κ2) is 5.45. The van der Waals surface area contributed by atoms with Crippen LogP contribution in [-0.4, -0.2) is 9.97 Å². The van der Waals surface area contributed by atoms with Crippen LogP contribution >= 0.6 is 23.4 Å². The number of aliphatic imine (C=N–C) groups is 1. The van der Waals surface area contributed by atoms with E-state index in [1.54, 1.807) is 0 Å². The van der Waals surface area contributed by atoms with Gasteiger partial charge in [-0.05, 0) is 18.2 Å². The summed E-state index contributed by atoms with van der Waals surface area (Å²) in [5.41, 5.74) is -0.923. The van der Waals surface area contributed by atoms with Crippen molar-refractivity contribution in [2.24, 2.45) is 4.99 Å². The molecule has 0 bridgehead atoms. The van der Waals surface area contributed by atoms with Gasteiger partial charge in [-0.2, -0.15) is 13.2 Å². The molecule has 0 aliphatic carbocycles. The minimum Gasteiger partial charge on any atom is -0.258 e. The van der Waals surface area contributed by atoms with E-state index in [0.717, 1.165) is 30.0 Å². The average molecular weight is 323 g/mol. The number of hydrogen-bond acceptors (Lipinski definition) is 4. The summed E-state index contributed by atoms with van der Waals surface area (Å²) in [4.78, 5) is 13.9. The van der Waals surface area contributed by atoms with E-state index in [0.29, 0.717) is 5.04 Å². The van der Waals surface area contributed by atoms with Crippen LogP contribution < -0.4 is 0 Å². The highest BCUT2D eigenvalue weighted by atomic mass is 35.5. The third kappa shape index (κ3) is 3.31. The molecule has 0 unspecified atom stereocenters. The lowest BCUT2D eigenvalue weighted by Crippen LogP contribution is -2.04. The number of halogens is 4. The lowest BCUT2D eigenvalue weighted by atomic mass is 10.2. The fourth-order valence-electron chi connectivity index (χ4n) is 1.47. The summed E-state index contributed by atoms with van der Waals surface area (Å²) in [6.45, 7) is 0. The van der Waals surface area contributed by atoms with Crippen molar-refractivity contribution >= 4 is 34.1 Å². The third-order valence-corrected chi connectivity index (χ3v) is 3.71. The van der Waals surface area contributed by atoms with Gasteiger partial charge < -0.3 is 0 Å². The van der Waals surface area contributed by atoms with Crippen molar-refractivity contribution in [3.05, 3.63) is 50.0 Å². The predicted octanol–water partition coefficient (Wildman–Crippen LogP) is 4.64. The van der Waals surface area contributed by atoms with Crippen molar-refractivity contribution < 1.29 is 18.1 Å². The summed E-state index contributed by atoms with van der Waals surface area (Å²) in [5.74, 6) is 0. The van der Waals surface area contributed by atoms with Gasteiger partial charge in [0.25, 0.3) is 0 Å². The van der Waals surface area contributed by atoms with E-state index >= 15 is 0 Å². The number of nitrogens with zero attached hydrogens (tertiary/aromatic N) is 2. The van der Waals surface area contributed by atoms with Crippen LogP contribution in [0.2, 0.25) is 5.02 Å². The first-order valence-corrected chi connectivity index (χ1v) is 6.43. The maximum Gasteiger partial charge on any atom is 0.416 e. The van der Waals surface area contributed by atoms with Gasteiger partial charge in [0.05, 0.1) is 26.2 Å². The number of hydrogen-bond donors (Lipinski definition) is 0. The molecule has 0 radical (unpaired) electrons. The molecule has 0 aromatic heterocycles. The van der Waals surface area contributed by atoms with Crippen LogP contribution in [0.4, 0.5) is 18.9 Å². The quantitative estimate of drug-likeness (QED) is 0.588. The van der Waals surface area contributed by atoms with Crippen molar-refractivity contribution in [1.82, 2.24) is 0 Å². The molecule has 0 N–H and O–H groups in total. The Bertz CT molecular complexity index is 629. The van der Waals surface area contributed by atoms with Gasteiger partial charge in [0.15, 0.2) is 0 Å². The topological polar surface area (TPSA) is 55.5 Å². The molecule has 1 aromatic rings. The number of alkyl halides is 3. The normalized spacial score (nSPS) is 17.4. The average Bonchev–Trinajstić information content (AvgIpc) is 2.79. The minimum absolute atomic E-state index is 0.0537. The zero-order valence-corrected chi connectivity index (χ0v) is 11.2. The Kier molecular flexibility index (Phi) is 4.05. The molecule has 0 spiro atoms. The molecule has 0 atom stereocenters. The monoisotopic (exact) mass is 322 g/mol. The summed E-state index contributed by atoms with van der Waals surface area (Å²) < 4.78 is 37.8. The van der Waals surface area contributed by atoms with Crippen molar-refractivity contribution in [2.45, 2.75) is 12.6 Å². The van der Waals surface area contributed by atoms with E-state index in [-0.39, 0.29) is 22.2 Å². The Morgan fingerprint density at radius 2 is 2.10 bits per heavy atom. The molecule has 9 heteroatoms. The van der Waals surface area contributed by atoms with E-state index in [1.165, 1.54) is 6.08 Å². The molecular formula is C11H6ClF3N2O2S. The molecule has 0 fully saturated rings. The largest absolute Gasteiger partial charge is 0.416 e. The molecule has 0 amide bonds. The van der Waals surface area contributed by atoms with Crippen LogP contribution in [-0.2, 0) is 6.18 Å². The van der Waals surface area contributed by atoms with Gasteiger partial charge in [-0.3, -0.25) is 10.1 Å². The highest BCUT2D eigenvalue weighted by Gasteiger charge is 2.31. The van der Waals surface area contributed by atoms with E-state index in [4.69, 9.17) is 11.6 Å². The molecular weight excluding hydrogens is 317 g/mol. The Balaban J connectivity index is 2.29. The molecule has 20 heavy (non-hydrogen) atoms. The third-order valence-electron chi connectivity index (χ3n) is 2.37. The zero-order chi connectivity index (χ0) is 14.9.